The second kappa shape index (κ2) is 5.37. The summed E-state index contributed by atoms with van der Waals surface area (Å²) in [5, 5.41) is 0. The highest BCUT2D eigenvalue weighted by molar-refractivity contribution is 5.85. The summed E-state index contributed by atoms with van der Waals surface area (Å²) in [5.41, 5.74) is 5.67. The molecule has 2 rings (SSSR count). The average molecular weight is 247 g/mol. The molecule has 4 heteroatoms. The van der Waals surface area contributed by atoms with Crippen LogP contribution in [-0.2, 0) is 4.79 Å². The van der Waals surface area contributed by atoms with Gasteiger partial charge in [0.25, 0.3) is 0 Å². The Kier molecular flexibility index (Phi) is 4.62. The number of hydrogen-bond donors (Lipinski definition) is 1. The molecule has 2 aliphatic carbocycles. The monoisotopic (exact) mass is 246 g/mol. The number of nitrogens with two attached hydrogens (primary N) is 1. The van der Waals surface area contributed by atoms with E-state index in [-0.39, 0.29) is 24.4 Å². The molecule has 0 radical (unpaired) electrons. The standard InChI is InChI=1S/C12H22N2O.ClH/c1-8(13)7-11(15)14(2)12(9-3-4-9)10-5-6-10;/h8-10,12H,3-7,13H2,1-2H3;1H. The molecule has 16 heavy (non-hydrogen) atoms. The number of halogens is 1. The maximum Gasteiger partial charge on any atom is 0.224 e. The van der Waals surface area contributed by atoms with Gasteiger partial charge in [-0.1, -0.05) is 0 Å². The first kappa shape index (κ1) is 13.8. The predicted octanol–water partition coefficient (Wildman–Crippen LogP) is 1.79. The Morgan fingerprint density at radius 3 is 2.06 bits per heavy atom. The van der Waals surface area contributed by atoms with Crippen LogP contribution in [0.4, 0.5) is 0 Å². The SMILES string of the molecule is CC(N)CC(=O)N(C)C(C1CC1)C1CC1.Cl. The lowest BCUT2D eigenvalue weighted by Gasteiger charge is -2.29. The summed E-state index contributed by atoms with van der Waals surface area (Å²) in [6, 6.07) is 0.509. The van der Waals surface area contributed by atoms with Crippen LogP contribution in [0.25, 0.3) is 0 Å². The van der Waals surface area contributed by atoms with Gasteiger partial charge in [-0.2, -0.15) is 0 Å². The van der Waals surface area contributed by atoms with E-state index >= 15 is 0 Å². The summed E-state index contributed by atoms with van der Waals surface area (Å²) < 4.78 is 0. The average Bonchev–Trinajstić information content (AvgIpc) is 2.97. The summed E-state index contributed by atoms with van der Waals surface area (Å²) in [6.45, 7) is 1.90. The number of carbonyl (C=O) groups is 1. The molecule has 1 unspecified atom stereocenters. The first-order chi connectivity index (χ1) is 7.09. The van der Waals surface area contributed by atoms with Crippen LogP contribution in [0, 0.1) is 11.8 Å². The molecule has 2 saturated carbocycles. The highest BCUT2D eigenvalue weighted by Crippen LogP contribution is 2.46. The van der Waals surface area contributed by atoms with Gasteiger partial charge in [-0.15, -0.1) is 12.4 Å². The molecule has 1 amide bonds. The Morgan fingerprint density at radius 2 is 1.75 bits per heavy atom. The van der Waals surface area contributed by atoms with E-state index < -0.39 is 0 Å². The molecule has 3 nitrogen and oxygen atoms in total. The highest BCUT2D eigenvalue weighted by Gasteiger charge is 2.44. The number of hydrogen-bond acceptors (Lipinski definition) is 2. The Hall–Kier alpha value is -0.280. The Balaban J connectivity index is 0.00000128. The van der Waals surface area contributed by atoms with Crippen molar-refractivity contribution >= 4 is 18.3 Å². The molecular formula is C12H23ClN2O. The predicted molar refractivity (Wildman–Crippen MR) is 67.5 cm³/mol. The lowest BCUT2D eigenvalue weighted by molar-refractivity contribution is -0.133. The molecule has 0 spiro atoms. The molecule has 2 aliphatic rings. The molecule has 0 saturated heterocycles. The molecule has 0 aliphatic heterocycles. The fourth-order valence-electron chi connectivity index (χ4n) is 2.48. The van der Waals surface area contributed by atoms with Gasteiger partial charge in [0, 0.05) is 25.6 Å². The zero-order chi connectivity index (χ0) is 11.0. The maximum absolute atomic E-state index is 11.9. The summed E-state index contributed by atoms with van der Waals surface area (Å²) in [6.07, 6.45) is 5.76. The minimum absolute atomic E-state index is 0. The second-order valence-corrected chi connectivity index (χ2v) is 5.35. The third-order valence-corrected chi connectivity index (χ3v) is 3.55. The van der Waals surface area contributed by atoms with E-state index in [1.54, 1.807) is 0 Å². The minimum Gasteiger partial charge on any atom is -0.342 e. The van der Waals surface area contributed by atoms with Crippen molar-refractivity contribution in [1.29, 1.82) is 0 Å². The summed E-state index contributed by atoms with van der Waals surface area (Å²) >= 11 is 0. The first-order valence-electron chi connectivity index (χ1n) is 6.11. The van der Waals surface area contributed by atoms with Crippen molar-refractivity contribution in [2.24, 2.45) is 17.6 Å². The van der Waals surface area contributed by atoms with Crippen LogP contribution in [0.3, 0.4) is 0 Å². The van der Waals surface area contributed by atoms with Crippen LogP contribution in [0.2, 0.25) is 0 Å². The van der Waals surface area contributed by atoms with Crippen molar-refractivity contribution in [3.05, 3.63) is 0 Å². The minimum atomic E-state index is -0.0148. The van der Waals surface area contributed by atoms with Gasteiger partial charge in [0.2, 0.25) is 5.91 Å². The van der Waals surface area contributed by atoms with Crippen molar-refractivity contribution < 1.29 is 4.79 Å². The van der Waals surface area contributed by atoms with E-state index in [0.29, 0.717) is 12.5 Å². The normalized spacial score (nSPS) is 21.5. The van der Waals surface area contributed by atoms with Gasteiger partial charge in [-0.05, 0) is 44.4 Å². The van der Waals surface area contributed by atoms with Gasteiger partial charge in [-0.3, -0.25) is 4.79 Å². The van der Waals surface area contributed by atoms with Crippen molar-refractivity contribution in [1.82, 2.24) is 4.90 Å². The maximum atomic E-state index is 11.9. The van der Waals surface area contributed by atoms with Crippen molar-refractivity contribution in [2.45, 2.75) is 51.1 Å². The largest absolute Gasteiger partial charge is 0.342 e. The molecule has 2 fully saturated rings. The zero-order valence-corrected chi connectivity index (χ0v) is 11.0. The topological polar surface area (TPSA) is 46.3 Å². The molecule has 0 bridgehead atoms. The molecule has 1 atom stereocenters. The molecule has 2 N–H and O–H groups in total. The molecule has 0 aromatic heterocycles. The molecule has 0 aromatic carbocycles. The van der Waals surface area contributed by atoms with E-state index in [4.69, 9.17) is 5.73 Å². The van der Waals surface area contributed by atoms with Gasteiger partial charge in [0.15, 0.2) is 0 Å². The number of rotatable bonds is 5. The lowest BCUT2D eigenvalue weighted by Crippen LogP contribution is -2.41. The number of carbonyl (C=O) groups excluding carboxylic acids is 1. The lowest BCUT2D eigenvalue weighted by atomic mass is 10.0. The van der Waals surface area contributed by atoms with E-state index in [1.807, 2.05) is 18.9 Å². The second-order valence-electron chi connectivity index (χ2n) is 5.35. The molecule has 0 heterocycles. The number of amides is 1. The summed E-state index contributed by atoms with van der Waals surface area (Å²) in [4.78, 5) is 13.9. The van der Waals surface area contributed by atoms with Crippen molar-refractivity contribution in [2.75, 3.05) is 7.05 Å². The van der Waals surface area contributed by atoms with E-state index in [1.165, 1.54) is 25.7 Å². The quantitative estimate of drug-likeness (QED) is 0.804. The zero-order valence-electron chi connectivity index (χ0n) is 10.2. The van der Waals surface area contributed by atoms with Crippen LogP contribution >= 0.6 is 12.4 Å². The molecule has 94 valence electrons. The Bertz CT molecular complexity index is 237. The Labute approximate surface area is 104 Å². The fraction of sp³-hybridized carbons (Fsp3) is 0.917. The summed E-state index contributed by atoms with van der Waals surface area (Å²) in [7, 11) is 1.96. The van der Waals surface area contributed by atoms with E-state index in [2.05, 4.69) is 0 Å². The van der Waals surface area contributed by atoms with Crippen molar-refractivity contribution in [3.63, 3.8) is 0 Å². The van der Waals surface area contributed by atoms with Gasteiger partial charge >= 0.3 is 0 Å². The summed E-state index contributed by atoms with van der Waals surface area (Å²) in [5.74, 6) is 1.81. The molecule has 0 aromatic rings. The Morgan fingerprint density at radius 1 is 1.31 bits per heavy atom. The fourth-order valence-corrected chi connectivity index (χ4v) is 2.48. The molecular weight excluding hydrogens is 224 g/mol. The van der Waals surface area contributed by atoms with E-state index in [9.17, 15) is 4.79 Å². The van der Waals surface area contributed by atoms with Gasteiger partial charge in [-0.25, -0.2) is 0 Å². The van der Waals surface area contributed by atoms with Crippen LogP contribution < -0.4 is 5.73 Å². The van der Waals surface area contributed by atoms with Gasteiger partial charge in [0.05, 0.1) is 0 Å². The van der Waals surface area contributed by atoms with Gasteiger partial charge in [0.1, 0.15) is 0 Å². The van der Waals surface area contributed by atoms with E-state index in [0.717, 1.165) is 11.8 Å². The van der Waals surface area contributed by atoms with Crippen LogP contribution in [0.15, 0.2) is 0 Å². The van der Waals surface area contributed by atoms with Crippen LogP contribution in [0.1, 0.15) is 39.0 Å². The highest BCUT2D eigenvalue weighted by atomic mass is 35.5. The third-order valence-electron chi connectivity index (χ3n) is 3.55. The third kappa shape index (κ3) is 3.36. The first-order valence-corrected chi connectivity index (χ1v) is 6.11. The van der Waals surface area contributed by atoms with Gasteiger partial charge < -0.3 is 10.6 Å². The smallest absolute Gasteiger partial charge is 0.224 e. The number of nitrogens with zero attached hydrogens (tertiary/aromatic N) is 1. The van der Waals surface area contributed by atoms with Crippen molar-refractivity contribution in [3.8, 4) is 0 Å². The van der Waals surface area contributed by atoms with Crippen LogP contribution in [-0.4, -0.2) is 29.9 Å². The van der Waals surface area contributed by atoms with Crippen LogP contribution in [0.5, 0.6) is 0 Å².